The second-order valence-corrected chi connectivity index (χ2v) is 9.73. The first-order valence-electron chi connectivity index (χ1n) is 11.5. The summed E-state index contributed by atoms with van der Waals surface area (Å²) in [7, 11) is 5.81. The Balaban J connectivity index is 1.22. The summed E-state index contributed by atoms with van der Waals surface area (Å²) in [6.45, 7) is 2.13. The maximum atomic E-state index is 12.5. The van der Waals surface area contributed by atoms with E-state index in [1.807, 2.05) is 43.4 Å². The van der Waals surface area contributed by atoms with Crippen LogP contribution in [0.4, 0.5) is 16.5 Å². The van der Waals surface area contributed by atoms with Gasteiger partial charge in [0.15, 0.2) is 10.6 Å². The molecular formula is C26H28N4O4S. The number of amides is 1. The molecule has 1 N–H and O–H groups in total. The van der Waals surface area contributed by atoms with Crippen LogP contribution in [0.15, 0.2) is 59.0 Å². The number of rotatable bonds is 6. The molecule has 0 atom stereocenters. The van der Waals surface area contributed by atoms with Gasteiger partial charge in [0.25, 0.3) is 6.01 Å². The number of nitrogens with zero attached hydrogens (tertiary/aromatic N) is 3. The van der Waals surface area contributed by atoms with E-state index >= 15 is 0 Å². The van der Waals surface area contributed by atoms with Crippen molar-refractivity contribution in [2.75, 3.05) is 44.5 Å². The number of methoxy groups -OCH3 is 1. The van der Waals surface area contributed by atoms with Crippen LogP contribution in [0.2, 0.25) is 0 Å². The van der Waals surface area contributed by atoms with Crippen LogP contribution in [-0.4, -0.2) is 56.3 Å². The van der Waals surface area contributed by atoms with Crippen LogP contribution < -0.4 is 19.7 Å². The molecule has 0 bridgehead atoms. The van der Waals surface area contributed by atoms with Crippen LogP contribution in [0.3, 0.4) is 0 Å². The molecule has 2 aromatic carbocycles. The zero-order chi connectivity index (χ0) is 24.4. The Kier molecular flexibility index (Phi) is 6.61. The lowest BCUT2D eigenvalue weighted by Gasteiger charge is -2.34. The van der Waals surface area contributed by atoms with Crippen molar-refractivity contribution in [2.24, 2.45) is 0 Å². The first-order valence-corrected chi connectivity index (χ1v) is 12.4. The summed E-state index contributed by atoms with van der Waals surface area (Å²) in [5.41, 5.74) is 3.00. The van der Waals surface area contributed by atoms with Gasteiger partial charge in [-0.3, -0.25) is 5.32 Å². The number of aromatic nitrogens is 1. The van der Waals surface area contributed by atoms with Gasteiger partial charge in [-0.25, -0.2) is 4.79 Å². The number of oxazole rings is 1. The average Bonchev–Trinajstić information content (AvgIpc) is 3.51. The zero-order valence-corrected chi connectivity index (χ0v) is 20.8. The number of fused-ring (bicyclic) bond motifs is 1. The third kappa shape index (κ3) is 5.26. The summed E-state index contributed by atoms with van der Waals surface area (Å²) >= 11 is 1.40. The fourth-order valence-corrected chi connectivity index (χ4v) is 5.06. The van der Waals surface area contributed by atoms with Gasteiger partial charge in [-0.1, -0.05) is 11.3 Å². The highest BCUT2D eigenvalue weighted by atomic mass is 32.1. The number of hydrogen-bond donors (Lipinski definition) is 1. The molecule has 182 valence electrons. The van der Waals surface area contributed by atoms with Crippen LogP contribution in [0, 0.1) is 0 Å². The molecule has 1 saturated heterocycles. The van der Waals surface area contributed by atoms with Crippen LogP contribution in [0.1, 0.15) is 12.8 Å². The number of anilines is 2. The maximum Gasteiger partial charge on any atom is 0.417 e. The van der Waals surface area contributed by atoms with E-state index in [2.05, 4.69) is 27.1 Å². The van der Waals surface area contributed by atoms with Crippen LogP contribution in [-0.2, 0) is 0 Å². The number of carbonyl (C=O) groups excluding carboxylic acids is 1. The lowest BCUT2D eigenvalue weighted by Crippen LogP contribution is -2.42. The highest BCUT2D eigenvalue weighted by Crippen LogP contribution is 2.34. The number of benzene rings is 2. The molecule has 1 fully saturated rings. The number of nitrogens with one attached hydrogen (secondary N) is 1. The van der Waals surface area contributed by atoms with Gasteiger partial charge in [0, 0.05) is 23.7 Å². The van der Waals surface area contributed by atoms with E-state index in [4.69, 9.17) is 13.9 Å². The minimum Gasteiger partial charge on any atom is -0.497 e. The van der Waals surface area contributed by atoms with E-state index < -0.39 is 6.09 Å². The van der Waals surface area contributed by atoms with E-state index in [1.54, 1.807) is 25.3 Å². The Labute approximate surface area is 208 Å². The quantitative estimate of drug-likeness (QED) is 0.369. The Hall–Kier alpha value is -3.56. The van der Waals surface area contributed by atoms with Crippen molar-refractivity contribution in [2.45, 2.75) is 18.9 Å². The minimum absolute atomic E-state index is 0.403. The molecule has 0 radical (unpaired) electrons. The molecule has 1 aliphatic heterocycles. The number of likely N-dealkylation sites (tertiary alicyclic amines) is 1. The van der Waals surface area contributed by atoms with Crippen molar-refractivity contribution in [3.05, 3.63) is 54.6 Å². The molecule has 35 heavy (non-hydrogen) atoms. The Morgan fingerprint density at radius 1 is 1.14 bits per heavy atom. The number of carbonyl (C=O) groups is 1. The number of piperidine rings is 1. The number of thiophene rings is 1. The van der Waals surface area contributed by atoms with E-state index in [0.717, 1.165) is 42.1 Å². The molecule has 4 aromatic rings. The SMILES string of the molecule is COc1ccc(-c2ccc(OC(=O)Nc3ccc4oc(N(C)C5CCN(C)CC5)nc4c3)s2)cc1. The number of ether oxygens (including phenoxy) is 2. The van der Waals surface area contributed by atoms with E-state index in [9.17, 15) is 4.79 Å². The summed E-state index contributed by atoms with van der Waals surface area (Å²) in [6.07, 6.45) is 1.60. The fourth-order valence-electron chi connectivity index (χ4n) is 4.20. The van der Waals surface area contributed by atoms with Gasteiger partial charge in [0.1, 0.15) is 11.3 Å². The van der Waals surface area contributed by atoms with Gasteiger partial charge in [0.05, 0.1) is 7.11 Å². The highest BCUT2D eigenvalue weighted by molar-refractivity contribution is 7.17. The van der Waals surface area contributed by atoms with E-state index in [1.165, 1.54) is 11.3 Å². The summed E-state index contributed by atoms with van der Waals surface area (Å²) in [5, 5.41) is 3.29. The average molecular weight is 493 g/mol. The van der Waals surface area contributed by atoms with Crippen LogP contribution in [0.25, 0.3) is 21.5 Å². The Morgan fingerprint density at radius 2 is 1.91 bits per heavy atom. The lowest BCUT2D eigenvalue weighted by molar-refractivity contribution is 0.216. The largest absolute Gasteiger partial charge is 0.497 e. The minimum atomic E-state index is -0.556. The normalized spacial score (nSPS) is 14.7. The van der Waals surface area contributed by atoms with Gasteiger partial charge in [-0.2, -0.15) is 4.98 Å². The van der Waals surface area contributed by atoms with Crippen molar-refractivity contribution < 1.29 is 18.7 Å². The Bertz CT molecular complexity index is 1310. The lowest BCUT2D eigenvalue weighted by atomic mass is 10.0. The molecule has 0 aliphatic carbocycles. The molecule has 1 amide bonds. The Morgan fingerprint density at radius 3 is 2.66 bits per heavy atom. The molecule has 1 aliphatic rings. The molecule has 0 saturated carbocycles. The molecule has 0 spiro atoms. The first kappa shape index (κ1) is 23.2. The fraction of sp³-hybridized carbons (Fsp3) is 0.308. The smallest absolute Gasteiger partial charge is 0.417 e. The van der Waals surface area contributed by atoms with Crippen molar-refractivity contribution >= 4 is 40.2 Å². The third-order valence-electron chi connectivity index (χ3n) is 6.31. The second kappa shape index (κ2) is 9.97. The van der Waals surface area contributed by atoms with Crippen molar-refractivity contribution in [1.29, 1.82) is 0 Å². The van der Waals surface area contributed by atoms with Crippen molar-refractivity contribution in [3.63, 3.8) is 0 Å². The van der Waals surface area contributed by atoms with Gasteiger partial charge in [-0.05, 0) is 93.1 Å². The van der Waals surface area contributed by atoms with Gasteiger partial charge in [0.2, 0.25) is 0 Å². The third-order valence-corrected chi connectivity index (χ3v) is 7.32. The molecule has 5 rings (SSSR count). The van der Waals surface area contributed by atoms with Crippen LogP contribution in [0.5, 0.6) is 10.8 Å². The molecule has 8 nitrogen and oxygen atoms in total. The predicted molar refractivity (Wildman–Crippen MR) is 139 cm³/mol. The van der Waals surface area contributed by atoms with Gasteiger partial charge in [-0.15, -0.1) is 0 Å². The van der Waals surface area contributed by atoms with E-state index in [0.29, 0.717) is 33.9 Å². The summed E-state index contributed by atoms with van der Waals surface area (Å²) in [5.74, 6) is 0.797. The predicted octanol–water partition coefficient (Wildman–Crippen LogP) is 5.71. The molecular weight excluding hydrogens is 464 g/mol. The standard InChI is InChI=1S/C26H28N4O4S/c1-29-14-12-19(13-15-29)30(2)25-28-21-16-18(6-9-22(21)33-25)27-26(31)34-24-11-10-23(35-24)17-4-7-20(32-3)8-5-17/h4-11,16,19H,12-15H2,1-3H3,(H,27,31). The monoisotopic (exact) mass is 492 g/mol. The van der Waals surface area contributed by atoms with Crippen molar-refractivity contribution in [1.82, 2.24) is 9.88 Å². The summed E-state index contributed by atoms with van der Waals surface area (Å²) in [4.78, 5) is 22.6. The van der Waals surface area contributed by atoms with Crippen molar-refractivity contribution in [3.8, 4) is 21.3 Å². The highest BCUT2D eigenvalue weighted by Gasteiger charge is 2.24. The van der Waals surface area contributed by atoms with Gasteiger partial charge >= 0.3 is 6.09 Å². The topological polar surface area (TPSA) is 80.1 Å². The molecule has 2 aromatic heterocycles. The van der Waals surface area contributed by atoms with Crippen LogP contribution >= 0.6 is 11.3 Å². The summed E-state index contributed by atoms with van der Waals surface area (Å²) < 4.78 is 16.7. The first-order chi connectivity index (χ1) is 17.0. The van der Waals surface area contributed by atoms with Gasteiger partial charge < -0.3 is 23.7 Å². The second-order valence-electron chi connectivity index (χ2n) is 8.69. The molecule has 9 heteroatoms. The molecule has 0 unspecified atom stereocenters. The molecule has 3 heterocycles. The number of hydrogen-bond acceptors (Lipinski definition) is 8. The zero-order valence-electron chi connectivity index (χ0n) is 20.0. The maximum absolute atomic E-state index is 12.5. The summed E-state index contributed by atoms with van der Waals surface area (Å²) in [6, 6.07) is 17.9. The van der Waals surface area contributed by atoms with E-state index in [-0.39, 0.29) is 0 Å².